The van der Waals surface area contributed by atoms with Gasteiger partial charge in [-0.05, 0) is 26.2 Å². The zero-order valence-corrected chi connectivity index (χ0v) is 17.4. The molecule has 0 saturated heterocycles. The third-order valence-corrected chi connectivity index (χ3v) is 6.30. The van der Waals surface area contributed by atoms with Crippen molar-refractivity contribution in [2.75, 3.05) is 0 Å². The SMILES string of the molecule is CCCCC(O)CCCCCCCCCCCCCC(C)S(=O)(=O)O. The fourth-order valence-electron chi connectivity index (χ4n) is 3.14. The van der Waals surface area contributed by atoms with Gasteiger partial charge >= 0.3 is 0 Å². The van der Waals surface area contributed by atoms with Crippen molar-refractivity contribution in [1.82, 2.24) is 0 Å². The molecule has 2 unspecified atom stereocenters. The van der Waals surface area contributed by atoms with Crippen molar-refractivity contribution >= 4 is 10.1 Å². The zero-order chi connectivity index (χ0) is 19.0. The van der Waals surface area contributed by atoms with Gasteiger partial charge in [-0.2, -0.15) is 8.42 Å². The molecule has 0 bridgehead atoms. The Morgan fingerprint density at radius 1 is 0.680 bits per heavy atom. The Morgan fingerprint density at radius 2 is 1.04 bits per heavy atom. The molecule has 5 heteroatoms. The molecule has 0 amide bonds. The lowest BCUT2D eigenvalue weighted by Gasteiger charge is -2.09. The number of unbranched alkanes of at least 4 members (excludes halogenated alkanes) is 11. The minimum atomic E-state index is -3.84. The summed E-state index contributed by atoms with van der Waals surface area (Å²) in [5.41, 5.74) is 0. The van der Waals surface area contributed by atoms with E-state index >= 15 is 0 Å². The Balaban J connectivity index is 3.22. The summed E-state index contributed by atoms with van der Waals surface area (Å²) in [6.07, 6.45) is 17.9. The molecule has 0 aromatic rings. The van der Waals surface area contributed by atoms with Gasteiger partial charge in [-0.3, -0.25) is 4.55 Å². The van der Waals surface area contributed by atoms with Crippen molar-refractivity contribution < 1.29 is 18.1 Å². The standard InChI is InChI=1S/C20H42O4S/c1-3-4-17-20(21)18-15-13-11-9-7-5-6-8-10-12-14-16-19(2)25(22,23)24/h19-21H,3-18H2,1-2H3,(H,22,23,24). The van der Waals surface area contributed by atoms with E-state index in [1.165, 1.54) is 51.4 Å². The number of hydrogen-bond donors (Lipinski definition) is 2. The number of rotatable bonds is 18. The molecule has 0 spiro atoms. The highest BCUT2D eigenvalue weighted by Crippen LogP contribution is 2.15. The Morgan fingerprint density at radius 3 is 1.44 bits per heavy atom. The minimum absolute atomic E-state index is 0.0829. The molecule has 0 aromatic heterocycles. The van der Waals surface area contributed by atoms with E-state index in [1.807, 2.05) is 0 Å². The van der Waals surface area contributed by atoms with Crippen LogP contribution in [0, 0.1) is 0 Å². The van der Waals surface area contributed by atoms with E-state index in [2.05, 4.69) is 6.92 Å². The van der Waals surface area contributed by atoms with Crippen LogP contribution in [-0.2, 0) is 10.1 Å². The molecule has 2 atom stereocenters. The van der Waals surface area contributed by atoms with Gasteiger partial charge in [0, 0.05) is 0 Å². The number of aliphatic hydroxyl groups is 1. The predicted molar refractivity (Wildman–Crippen MR) is 107 cm³/mol. The first-order valence-electron chi connectivity index (χ1n) is 10.5. The average molecular weight is 379 g/mol. The van der Waals surface area contributed by atoms with E-state index in [4.69, 9.17) is 4.55 Å². The smallest absolute Gasteiger partial charge is 0.267 e. The predicted octanol–water partition coefficient (Wildman–Crippen LogP) is 5.89. The normalized spacial score (nSPS) is 14.6. The molecule has 25 heavy (non-hydrogen) atoms. The van der Waals surface area contributed by atoms with Gasteiger partial charge in [0.1, 0.15) is 0 Å². The molecular weight excluding hydrogens is 336 g/mol. The van der Waals surface area contributed by atoms with Crippen LogP contribution in [0.25, 0.3) is 0 Å². The Hall–Kier alpha value is -0.130. The third-order valence-electron chi connectivity index (χ3n) is 5.05. The van der Waals surface area contributed by atoms with E-state index in [-0.39, 0.29) is 6.10 Å². The van der Waals surface area contributed by atoms with E-state index in [9.17, 15) is 13.5 Å². The molecule has 0 radical (unpaired) electrons. The molecule has 0 saturated carbocycles. The Labute approximate surface area is 156 Å². The zero-order valence-electron chi connectivity index (χ0n) is 16.6. The molecule has 0 aliphatic heterocycles. The lowest BCUT2D eigenvalue weighted by molar-refractivity contribution is 0.148. The van der Waals surface area contributed by atoms with Gasteiger partial charge < -0.3 is 5.11 Å². The van der Waals surface area contributed by atoms with Crippen LogP contribution < -0.4 is 0 Å². The molecule has 0 heterocycles. The van der Waals surface area contributed by atoms with E-state index < -0.39 is 15.4 Å². The largest absolute Gasteiger partial charge is 0.393 e. The fourth-order valence-corrected chi connectivity index (χ4v) is 3.60. The van der Waals surface area contributed by atoms with Gasteiger partial charge in [0.2, 0.25) is 0 Å². The topological polar surface area (TPSA) is 74.6 Å². The number of aliphatic hydroxyl groups excluding tert-OH is 1. The van der Waals surface area contributed by atoms with Crippen molar-refractivity contribution in [3.05, 3.63) is 0 Å². The lowest BCUT2D eigenvalue weighted by Crippen LogP contribution is -2.16. The first-order valence-corrected chi connectivity index (χ1v) is 12.0. The van der Waals surface area contributed by atoms with Gasteiger partial charge in [-0.1, -0.05) is 90.4 Å². The molecule has 0 aliphatic carbocycles. The Bertz CT molecular complexity index is 381. The maximum absolute atomic E-state index is 10.9. The van der Waals surface area contributed by atoms with Crippen LogP contribution in [0.2, 0.25) is 0 Å². The highest BCUT2D eigenvalue weighted by molar-refractivity contribution is 7.86. The fraction of sp³-hybridized carbons (Fsp3) is 1.00. The molecule has 0 aromatic carbocycles. The van der Waals surface area contributed by atoms with Crippen LogP contribution in [0.5, 0.6) is 0 Å². The van der Waals surface area contributed by atoms with Crippen LogP contribution in [0.15, 0.2) is 0 Å². The quantitative estimate of drug-likeness (QED) is 0.230. The van der Waals surface area contributed by atoms with Crippen molar-refractivity contribution in [2.45, 2.75) is 128 Å². The van der Waals surface area contributed by atoms with Crippen molar-refractivity contribution in [2.24, 2.45) is 0 Å². The molecule has 0 rings (SSSR count). The summed E-state index contributed by atoms with van der Waals surface area (Å²) < 4.78 is 30.6. The van der Waals surface area contributed by atoms with E-state index in [0.717, 1.165) is 44.9 Å². The summed E-state index contributed by atoms with van der Waals surface area (Å²) in [6, 6.07) is 0. The molecule has 0 aliphatic rings. The van der Waals surface area contributed by atoms with Crippen LogP contribution >= 0.6 is 0 Å². The summed E-state index contributed by atoms with van der Waals surface area (Å²) in [4.78, 5) is 0. The average Bonchev–Trinajstić information content (AvgIpc) is 2.55. The van der Waals surface area contributed by atoms with Gasteiger partial charge in [0.15, 0.2) is 0 Å². The van der Waals surface area contributed by atoms with Gasteiger partial charge in [0.25, 0.3) is 10.1 Å². The molecule has 2 N–H and O–H groups in total. The van der Waals surface area contributed by atoms with Crippen molar-refractivity contribution in [3.63, 3.8) is 0 Å². The second kappa shape index (κ2) is 16.1. The van der Waals surface area contributed by atoms with Crippen LogP contribution in [-0.4, -0.2) is 29.4 Å². The highest BCUT2D eigenvalue weighted by Gasteiger charge is 2.15. The maximum atomic E-state index is 10.9. The molecule has 4 nitrogen and oxygen atoms in total. The van der Waals surface area contributed by atoms with Gasteiger partial charge in [-0.25, -0.2) is 0 Å². The summed E-state index contributed by atoms with van der Waals surface area (Å²) >= 11 is 0. The third kappa shape index (κ3) is 17.1. The second-order valence-corrected chi connectivity index (χ2v) is 9.42. The first kappa shape index (κ1) is 24.9. The summed E-state index contributed by atoms with van der Waals surface area (Å²) in [5.74, 6) is 0. The Kier molecular flexibility index (Phi) is 16.0. The van der Waals surface area contributed by atoms with Crippen LogP contribution in [0.3, 0.4) is 0 Å². The van der Waals surface area contributed by atoms with Gasteiger partial charge in [-0.15, -0.1) is 0 Å². The minimum Gasteiger partial charge on any atom is -0.393 e. The van der Waals surface area contributed by atoms with Crippen molar-refractivity contribution in [1.29, 1.82) is 0 Å². The lowest BCUT2D eigenvalue weighted by atomic mass is 10.0. The monoisotopic (exact) mass is 378 g/mol. The van der Waals surface area contributed by atoms with Crippen LogP contribution in [0.4, 0.5) is 0 Å². The highest BCUT2D eigenvalue weighted by atomic mass is 32.2. The van der Waals surface area contributed by atoms with Gasteiger partial charge in [0.05, 0.1) is 11.4 Å². The molecule has 0 fully saturated rings. The first-order chi connectivity index (χ1) is 11.9. The van der Waals surface area contributed by atoms with Crippen LogP contribution in [0.1, 0.15) is 117 Å². The van der Waals surface area contributed by atoms with E-state index in [0.29, 0.717) is 6.42 Å². The van der Waals surface area contributed by atoms with Crippen molar-refractivity contribution in [3.8, 4) is 0 Å². The summed E-state index contributed by atoms with van der Waals surface area (Å²) in [7, 11) is -3.84. The molecular formula is C20H42O4S. The number of hydrogen-bond acceptors (Lipinski definition) is 3. The van der Waals surface area contributed by atoms with E-state index in [1.54, 1.807) is 6.92 Å². The molecule has 152 valence electrons. The summed E-state index contributed by atoms with van der Waals surface area (Å²) in [6.45, 7) is 3.73. The summed E-state index contributed by atoms with van der Waals surface area (Å²) in [5, 5.41) is 9.14. The second-order valence-electron chi connectivity index (χ2n) is 7.59. The maximum Gasteiger partial charge on any atom is 0.267 e.